The predicted molar refractivity (Wildman–Crippen MR) is 61.0 cm³/mol. The topological polar surface area (TPSA) is 46.6 Å². The fraction of sp³-hybridized carbons (Fsp3) is 0.833. The number of carbonyl (C=O) groups excluding carboxylic acids is 2. The molecule has 2 atom stereocenters. The number of likely N-dealkylation sites (tertiary alicyclic amines) is 1. The Morgan fingerprint density at radius 2 is 2.00 bits per heavy atom. The molecule has 1 aliphatic rings. The summed E-state index contributed by atoms with van der Waals surface area (Å²) in [5, 5.41) is 0. The van der Waals surface area contributed by atoms with Crippen LogP contribution in [0, 0.1) is 17.8 Å². The van der Waals surface area contributed by atoms with Gasteiger partial charge in [0.1, 0.15) is 5.92 Å². The van der Waals surface area contributed by atoms with Crippen LogP contribution >= 0.6 is 0 Å². The van der Waals surface area contributed by atoms with Crippen molar-refractivity contribution < 1.29 is 14.3 Å². The van der Waals surface area contributed by atoms with Crippen LogP contribution in [-0.4, -0.2) is 43.9 Å². The average molecular weight is 227 g/mol. The Bertz CT molecular complexity index is 275. The van der Waals surface area contributed by atoms with E-state index >= 15 is 0 Å². The molecule has 2 unspecified atom stereocenters. The second-order valence-electron chi connectivity index (χ2n) is 4.90. The number of ketones is 1. The van der Waals surface area contributed by atoms with Gasteiger partial charge in [-0.1, -0.05) is 13.8 Å². The smallest absolute Gasteiger partial charge is 0.316 e. The lowest BCUT2D eigenvalue weighted by atomic mass is 9.84. The summed E-state index contributed by atoms with van der Waals surface area (Å²) < 4.78 is 4.71. The van der Waals surface area contributed by atoms with E-state index in [-0.39, 0.29) is 17.6 Å². The fourth-order valence-corrected chi connectivity index (χ4v) is 2.27. The first kappa shape index (κ1) is 13.2. The number of carbonyl (C=O) groups is 2. The minimum absolute atomic E-state index is 0.00324. The summed E-state index contributed by atoms with van der Waals surface area (Å²) >= 11 is 0. The molecule has 0 amide bonds. The van der Waals surface area contributed by atoms with E-state index in [9.17, 15) is 9.59 Å². The van der Waals surface area contributed by atoms with Crippen molar-refractivity contribution in [2.75, 3.05) is 27.2 Å². The van der Waals surface area contributed by atoms with Gasteiger partial charge in [0, 0.05) is 12.5 Å². The van der Waals surface area contributed by atoms with Gasteiger partial charge >= 0.3 is 5.97 Å². The Morgan fingerprint density at radius 1 is 1.38 bits per heavy atom. The van der Waals surface area contributed by atoms with Crippen molar-refractivity contribution >= 4 is 11.8 Å². The first-order valence-electron chi connectivity index (χ1n) is 5.77. The molecule has 4 nitrogen and oxygen atoms in total. The molecule has 0 spiro atoms. The number of ether oxygens (including phenoxy) is 1. The summed E-state index contributed by atoms with van der Waals surface area (Å²) in [7, 11) is 3.33. The van der Waals surface area contributed by atoms with Gasteiger partial charge in [-0.2, -0.15) is 0 Å². The minimum Gasteiger partial charge on any atom is -0.468 e. The van der Waals surface area contributed by atoms with Crippen LogP contribution in [0.15, 0.2) is 0 Å². The van der Waals surface area contributed by atoms with Crippen LogP contribution in [0.3, 0.4) is 0 Å². The molecule has 1 heterocycles. The Hall–Kier alpha value is -0.900. The molecule has 1 aliphatic heterocycles. The standard InChI is InChI=1S/C12H21NO3/c1-8(2)10(12(15)16-4)11(14)9-5-6-13(3)7-9/h8-10H,5-7H2,1-4H3. The lowest BCUT2D eigenvalue weighted by Crippen LogP contribution is -2.35. The molecule has 4 heteroatoms. The van der Waals surface area contributed by atoms with Crippen molar-refractivity contribution in [2.24, 2.45) is 17.8 Å². The second-order valence-corrected chi connectivity index (χ2v) is 4.90. The maximum atomic E-state index is 12.2. The highest BCUT2D eigenvalue weighted by atomic mass is 16.5. The molecule has 1 fully saturated rings. The lowest BCUT2D eigenvalue weighted by molar-refractivity contribution is -0.152. The molecule has 0 saturated carbocycles. The molecule has 92 valence electrons. The van der Waals surface area contributed by atoms with E-state index in [4.69, 9.17) is 4.74 Å². The van der Waals surface area contributed by atoms with Crippen molar-refractivity contribution in [2.45, 2.75) is 20.3 Å². The third-order valence-electron chi connectivity index (χ3n) is 3.22. The van der Waals surface area contributed by atoms with Crippen LogP contribution in [0.5, 0.6) is 0 Å². The monoisotopic (exact) mass is 227 g/mol. The molecule has 0 aromatic carbocycles. The SMILES string of the molecule is COC(=O)C(C(=O)C1CCN(C)C1)C(C)C. The Morgan fingerprint density at radius 3 is 2.38 bits per heavy atom. The second kappa shape index (κ2) is 5.43. The Balaban J connectivity index is 2.71. The van der Waals surface area contributed by atoms with Crippen LogP contribution in [0.4, 0.5) is 0 Å². The fourth-order valence-electron chi connectivity index (χ4n) is 2.27. The molecule has 0 bridgehead atoms. The quantitative estimate of drug-likeness (QED) is 0.530. The van der Waals surface area contributed by atoms with E-state index in [1.165, 1.54) is 7.11 Å². The normalized spacial score (nSPS) is 23.4. The average Bonchev–Trinajstić information content (AvgIpc) is 2.64. The number of Topliss-reactive ketones (excluding diaryl/α,β-unsaturated/α-hetero) is 1. The molecular formula is C12H21NO3. The van der Waals surface area contributed by atoms with Crippen LogP contribution in [0.2, 0.25) is 0 Å². The summed E-state index contributed by atoms with van der Waals surface area (Å²) in [6.45, 7) is 5.47. The number of nitrogens with zero attached hydrogens (tertiary/aromatic N) is 1. The highest BCUT2D eigenvalue weighted by molar-refractivity contribution is 6.00. The number of methoxy groups -OCH3 is 1. The van der Waals surface area contributed by atoms with Crippen LogP contribution in [-0.2, 0) is 14.3 Å². The largest absolute Gasteiger partial charge is 0.468 e. The van der Waals surface area contributed by atoms with Crippen molar-refractivity contribution in [1.29, 1.82) is 0 Å². The van der Waals surface area contributed by atoms with Gasteiger partial charge in [-0.25, -0.2) is 0 Å². The van der Waals surface area contributed by atoms with Crippen molar-refractivity contribution in [3.05, 3.63) is 0 Å². The Labute approximate surface area is 96.9 Å². The maximum Gasteiger partial charge on any atom is 0.316 e. The molecule has 0 aliphatic carbocycles. The van der Waals surface area contributed by atoms with Crippen LogP contribution < -0.4 is 0 Å². The van der Waals surface area contributed by atoms with Gasteiger partial charge in [-0.15, -0.1) is 0 Å². The summed E-state index contributed by atoms with van der Waals surface area (Å²) in [6.07, 6.45) is 0.857. The third kappa shape index (κ3) is 2.82. The number of hydrogen-bond donors (Lipinski definition) is 0. The molecule has 16 heavy (non-hydrogen) atoms. The molecule has 0 radical (unpaired) electrons. The van der Waals surface area contributed by atoms with Crippen molar-refractivity contribution in [3.8, 4) is 0 Å². The summed E-state index contributed by atoms with van der Waals surface area (Å²) in [5.74, 6) is -0.940. The highest BCUT2D eigenvalue weighted by Gasteiger charge is 2.37. The first-order valence-corrected chi connectivity index (χ1v) is 5.77. The summed E-state index contributed by atoms with van der Waals surface area (Å²) in [6, 6.07) is 0. The molecular weight excluding hydrogens is 206 g/mol. The molecule has 1 saturated heterocycles. The van der Waals surface area contributed by atoms with E-state index in [0.29, 0.717) is 0 Å². The van der Waals surface area contributed by atoms with Gasteiger partial charge in [0.05, 0.1) is 7.11 Å². The van der Waals surface area contributed by atoms with Gasteiger partial charge in [-0.05, 0) is 25.9 Å². The van der Waals surface area contributed by atoms with E-state index in [0.717, 1.165) is 19.5 Å². The zero-order valence-corrected chi connectivity index (χ0v) is 10.5. The van der Waals surface area contributed by atoms with E-state index in [1.807, 2.05) is 20.9 Å². The molecule has 0 aromatic heterocycles. The van der Waals surface area contributed by atoms with Crippen molar-refractivity contribution in [1.82, 2.24) is 4.90 Å². The van der Waals surface area contributed by atoms with Crippen LogP contribution in [0.1, 0.15) is 20.3 Å². The minimum atomic E-state index is -0.596. The van der Waals surface area contributed by atoms with Gasteiger partial charge < -0.3 is 9.64 Å². The highest BCUT2D eigenvalue weighted by Crippen LogP contribution is 2.24. The van der Waals surface area contributed by atoms with E-state index in [1.54, 1.807) is 0 Å². The first-order chi connectivity index (χ1) is 7.47. The molecule has 0 N–H and O–H groups in total. The third-order valence-corrected chi connectivity index (χ3v) is 3.22. The number of hydrogen-bond acceptors (Lipinski definition) is 4. The van der Waals surface area contributed by atoms with Crippen LogP contribution in [0.25, 0.3) is 0 Å². The maximum absolute atomic E-state index is 12.2. The molecule has 1 rings (SSSR count). The zero-order valence-electron chi connectivity index (χ0n) is 10.5. The molecule has 0 aromatic rings. The van der Waals surface area contributed by atoms with E-state index in [2.05, 4.69) is 4.90 Å². The van der Waals surface area contributed by atoms with Gasteiger partial charge in [0.25, 0.3) is 0 Å². The number of esters is 1. The van der Waals surface area contributed by atoms with Gasteiger partial charge in [0.2, 0.25) is 0 Å². The van der Waals surface area contributed by atoms with E-state index < -0.39 is 11.9 Å². The summed E-state index contributed by atoms with van der Waals surface area (Å²) in [4.78, 5) is 25.9. The predicted octanol–water partition coefficient (Wildman–Crippen LogP) is 0.952. The Kier molecular flexibility index (Phi) is 4.47. The zero-order chi connectivity index (χ0) is 12.3. The van der Waals surface area contributed by atoms with Gasteiger partial charge in [0.15, 0.2) is 5.78 Å². The number of rotatable bonds is 4. The lowest BCUT2D eigenvalue weighted by Gasteiger charge is -2.20. The van der Waals surface area contributed by atoms with Crippen molar-refractivity contribution in [3.63, 3.8) is 0 Å². The van der Waals surface area contributed by atoms with Gasteiger partial charge in [-0.3, -0.25) is 9.59 Å². The summed E-state index contributed by atoms with van der Waals surface area (Å²) in [5.41, 5.74) is 0.